The summed E-state index contributed by atoms with van der Waals surface area (Å²) in [6.07, 6.45) is 0.432. The number of hydrogen-bond acceptors (Lipinski definition) is 4. The highest BCUT2D eigenvalue weighted by Crippen LogP contribution is 2.28. The van der Waals surface area contributed by atoms with E-state index in [0.29, 0.717) is 17.1 Å². The maximum atomic E-state index is 11.1. The van der Waals surface area contributed by atoms with Gasteiger partial charge in [-0.1, -0.05) is 18.3 Å². The number of hydrogen-bond donors (Lipinski definition) is 2. The molecule has 0 aliphatic carbocycles. The van der Waals surface area contributed by atoms with E-state index in [0.717, 1.165) is 4.70 Å². The summed E-state index contributed by atoms with van der Waals surface area (Å²) in [5.74, 6) is 0.124. The number of phenolic OH excluding ortho intramolecular Hbond substituents is 1. The Morgan fingerprint density at radius 2 is 2.40 bits per heavy atom. The van der Waals surface area contributed by atoms with Crippen molar-refractivity contribution in [2.45, 2.75) is 13.3 Å². The quantitative estimate of drug-likeness (QED) is 0.819. The first-order chi connectivity index (χ1) is 7.19. The van der Waals surface area contributed by atoms with Crippen LogP contribution >= 0.6 is 11.3 Å². The number of thiazole rings is 1. The monoisotopic (exact) mass is 222 g/mol. The van der Waals surface area contributed by atoms with E-state index in [1.54, 1.807) is 25.1 Å². The maximum Gasteiger partial charge on any atom is 0.225 e. The minimum Gasteiger partial charge on any atom is -0.508 e. The number of fused-ring (bicyclic) bond motifs is 1. The molecule has 0 aliphatic rings. The van der Waals surface area contributed by atoms with Gasteiger partial charge in [0, 0.05) is 12.5 Å². The van der Waals surface area contributed by atoms with Gasteiger partial charge >= 0.3 is 0 Å². The highest BCUT2D eigenvalue weighted by Gasteiger charge is 2.06. The van der Waals surface area contributed by atoms with E-state index in [2.05, 4.69) is 10.3 Å². The van der Waals surface area contributed by atoms with Crippen LogP contribution in [0.1, 0.15) is 13.3 Å². The maximum absolute atomic E-state index is 11.1. The van der Waals surface area contributed by atoms with Crippen molar-refractivity contribution in [1.29, 1.82) is 0 Å². The molecule has 1 aromatic carbocycles. The number of rotatable bonds is 2. The Kier molecular flexibility index (Phi) is 2.55. The van der Waals surface area contributed by atoms with E-state index in [1.807, 2.05) is 0 Å². The lowest BCUT2D eigenvalue weighted by molar-refractivity contribution is -0.115. The molecule has 0 radical (unpaired) electrons. The van der Waals surface area contributed by atoms with E-state index in [1.165, 1.54) is 11.3 Å². The molecule has 2 rings (SSSR count). The number of benzene rings is 1. The fraction of sp³-hybridized carbons (Fsp3) is 0.200. The van der Waals surface area contributed by atoms with Crippen LogP contribution in [0, 0.1) is 0 Å². The highest BCUT2D eigenvalue weighted by atomic mass is 32.1. The van der Waals surface area contributed by atoms with Crippen LogP contribution in [0.15, 0.2) is 18.2 Å². The van der Waals surface area contributed by atoms with Crippen LogP contribution in [-0.2, 0) is 4.79 Å². The second kappa shape index (κ2) is 3.86. The molecule has 0 saturated heterocycles. The third-order valence-corrected chi connectivity index (χ3v) is 2.89. The van der Waals surface area contributed by atoms with Gasteiger partial charge in [-0.3, -0.25) is 4.79 Å². The van der Waals surface area contributed by atoms with Crippen LogP contribution in [0.4, 0.5) is 5.13 Å². The minimum atomic E-state index is -0.0571. The summed E-state index contributed by atoms with van der Waals surface area (Å²) in [6, 6.07) is 4.96. The zero-order valence-electron chi connectivity index (χ0n) is 8.15. The van der Waals surface area contributed by atoms with E-state index < -0.39 is 0 Å². The number of amides is 1. The number of nitrogens with zero attached hydrogens (tertiary/aromatic N) is 1. The van der Waals surface area contributed by atoms with E-state index >= 15 is 0 Å². The third-order valence-electron chi connectivity index (χ3n) is 1.94. The number of aromatic nitrogens is 1. The van der Waals surface area contributed by atoms with Gasteiger partial charge in [0.1, 0.15) is 5.75 Å². The molecule has 1 amide bonds. The number of carbonyl (C=O) groups is 1. The van der Waals surface area contributed by atoms with E-state index in [9.17, 15) is 9.90 Å². The van der Waals surface area contributed by atoms with Crippen molar-refractivity contribution < 1.29 is 9.90 Å². The first kappa shape index (κ1) is 9.92. The molecule has 0 saturated carbocycles. The lowest BCUT2D eigenvalue weighted by Crippen LogP contribution is -2.08. The molecule has 0 bridgehead atoms. The lowest BCUT2D eigenvalue weighted by atomic mass is 10.3. The molecule has 4 nitrogen and oxygen atoms in total. The number of nitrogens with one attached hydrogen (secondary N) is 1. The average molecular weight is 222 g/mol. The molecule has 1 aromatic heterocycles. The summed E-state index contributed by atoms with van der Waals surface area (Å²) in [4.78, 5) is 15.3. The van der Waals surface area contributed by atoms with Gasteiger partial charge in [-0.25, -0.2) is 4.98 Å². The average Bonchev–Trinajstić information content (AvgIpc) is 2.59. The number of carbonyl (C=O) groups excluding carboxylic acids is 1. The molecule has 0 unspecified atom stereocenters. The van der Waals surface area contributed by atoms with Gasteiger partial charge in [-0.15, -0.1) is 0 Å². The molecule has 0 aliphatic heterocycles. The normalized spacial score (nSPS) is 10.5. The Hall–Kier alpha value is -1.62. The predicted octanol–water partition coefficient (Wildman–Crippen LogP) is 2.35. The molecule has 5 heteroatoms. The zero-order chi connectivity index (χ0) is 10.8. The van der Waals surface area contributed by atoms with Crippen molar-refractivity contribution >= 4 is 32.6 Å². The van der Waals surface area contributed by atoms with Crippen molar-refractivity contribution in [3.05, 3.63) is 18.2 Å². The number of anilines is 1. The van der Waals surface area contributed by atoms with Gasteiger partial charge in [0.05, 0.1) is 10.2 Å². The van der Waals surface area contributed by atoms with E-state index in [-0.39, 0.29) is 11.7 Å². The van der Waals surface area contributed by atoms with Gasteiger partial charge in [0.25, 0.3) is 0 Å². The molecular formula is C10H10N2O2S. The molecular weight excluding hydrogens is 212 g/mol. The van der Waals surface area contributed by atoms with Gasteiger partial charge in [0.2, 0.25) is 5.91 Å². The fourth-order valence-corrected chi connectivity index (χ4v) is 2.04. The van der Waals surface area contributed by atoms with Crippen LogP contribution in [0.25, 0.3) is 10.2 Å². The van der Waals surface area contributed by atoms with Gasteiger partial charge in [0.15, 0.2) is 5.13 Å². The number of phenols is 1. The zero-order valence-corrected chi connectivity index (χ0v) is 8.97. The smallest absolute Gasteiger partial charge is 0.225 e. The molecule has 1 heterocycles. The summed E-state index contributed by atoms with van der Waals surface area (Å²) in [7, 11) is 0. The SMILES string of the molecule is CCC(=O)Nc1nc2cc(O)ccc2s1. The van der Waals surface area contributed by atoms with Gasteiger partial charge < -0.3 is 10.4 Å². The third kappa shape index (κ3) is 2.07. The number of aromatic hydroxyl groups is 1. The molecule has 0 spiro atoms. The predicted molar refractivity (Wildman–Crippen MR) is 60.2 cm³/mol. The molecule has 0 fully saturated rings. The topological polar surface area (TPSA) is 62.2 Å². The largest absolute Gasteiger partial charge is 0.508 e. The highest BCUT2D eigenvalue weighted by molar-refractivity contribution is 7.22. The van der Waals surface area contributed by atoms with Gasteiger partial charge in [-0.2, -0.15) is 0 Å². The Bertz CT molecular complexity index is 507. The first-order valence-corrected chi connectivity index (χ1v) is 5.40. The summed E-state index contributed by atoms with van der Waals surface area (Å²) in [6.45, 7) is 1.79. The summed E-state index contributed by atoms with van der Waals surface area (Å²) in [5, 5.41) is 12.5. The van der Waals surface area contributed by atoms with Crippen molar-refractivity contribution in [1.82, 2.24) is 4.98 Å². The summed E-state index contributed by atoms with van der Waals surface area (Å²) in [5.41, 5.74) is 0.700. The van der Waals surface area contributed by atoms with Gasteiger partial charge in [-0.05, 0) is 12.1 Å². The summed E-state index contributed by atoms with van der Waals surface area (Å²) >= 11 is 1.40. The van der Waals surface area contributed by atoms with Crippen LogP contribution in [-0.4, -0.2) is 16.0 Å². The lowest BCUT2D eigenvalue weighted by Gasteiger charge is -1.95. The fourth-order valence-electron chi connectivity index (χ4n) is 1.18. The standard InChI is InChI=1S/C10H10N2O2S/c1-2-9(14)12-10-11-7-5-6(13)3-4-8(7)15-10/h3-5,13H,2H2,1H3,(H,11,12,14). The summed E-state index contributed by atoms with van der Waals surface area (Å²) < 4.78 is 0.944. The van der Waals surface area contributed by atoms with Crippen molar-refractivity contribution in [2.24, 2.45) is 0 Å². The van der Waals surface area contributed by atoms with Crippen LogP contribution in [0.3, 0.4) is 0 Å². The molecule has 0 atom stereocenters. The Morgan fingerprint density at radius 1 is 1.60 bits per heavy atom. The van der Waals surface area contributed by atoms with Crippen molar-refractivity contribution in [3.8, 4) is 5.75 Å². The van der Waals surface area contributed by atoms with Crippen LogP contribution in [0.2, 0.25) is 0 Å². The Balaban J connectivity index is 2.34. The van der Waals surface area contributed by atoms with Crippen LogP contribution in [0.5, 0.6) is 5.75 Å². The molecule has 2 aromatic rings. The second-order valence-corrected chi connectivity index (χ2v) is 4.10. The van der Waals surface area contributed by atoms with Crippen molar-refractivity contribution in [2.75, 3.05) is 5.32 Å². The Labute approximate surface area is 90.6 Å². The molecule has 15 heavy (non-hydrogen) atoms. The minimum absolute atomic E-state index is 0.0571. The second-order valence-electron chi connectivity index (χ2n) is 3.07. The van der Waals surface area contributed by atoms with Crippen molar-refractivity contribution in [3.63, 3.8) is 0 Å². The Morgan fingerprint density at radius 3 is 3.13 bits per heavy atom. The van der Waals surface area contributed by atoms with E-state index in [4.69, 9.17) is 0 Å². The molecule has 2 N–H and O–H groups in total. The van der Waals surface area contributed by atoms with Crippen LogP contribution < -0.4 is 5.32 Å². The first-order valence-electron chi connectivity index (χ1n) is 4.58. The molecule has 78 valence electrons.